The fourth-order valence-corrected chi connectivity index (χ4v) is 3.33. The first-order valence-corrected chi connectivity index (χ1v) is 8.21. The fourth-order valence-electron chi connectivity index (χ4n) is 3.33. The predicted molar refractivity (Wildman–Crippen MR) is 86.8 cm³/mol. The van der Waals surface area contributed by atoms with Crippen molar-refractivity contribution in [1.29, 1.82) is 0 Å². The van der Waals surface area contributed by atoms with Crippen LogP contribution in [0.2, 0.25) is 0 Å². The third-order valence-corrected chi connectivity index (χ3v) is 4.49. The molecule has 0 aliphatic carbocycles. The molecule has 2 N–H and O–H groups in total. The number of amides is 1. The second-order valence-electron chi connectivity index (χ2n) is 6.21. The van der Waals surface area contributed by atoms with E-state index in [0.717, 1.165) is 23.5 Å². The molecule has 2 aliphatic rings. The van der Waals surface area contributed by atoms with Crippen LogP contribution < -0.4 is 5.32 Å². The number of carbonyl (C=O) groups is 1. The standard InChI is InChI=1S/C17H20N4O3/c1-10-18-3-2-14(20-10)15-7-13-16(21-15)11(8-19-17(13)22)6-12-9-23-4-5-24-12/h2-3,7,11-12,21H,4-6,8-9H2,1H3,(H,19,22). The van der Waals surface area contributed by atoms with Crippen molar-refractivity contribution >= 4 is 5.91 Å². The summed E-state index contributed by atoms with van der Waals surface area (Å²) in [6.45, 7) is 4.35. The molecule has 7 heteroatoms. The topological polar surface area (TPSA) is 89.1 Å². The molecule has 1 fully saturated rings. The number of H-pyrrole nitrogens is 1. The minimum atomic E-state index is -0.0460. The molecule has 4 heterocycles. The Morgan fingerprint density at radius 3 is 3.08 bits per heavy atom. The molecule has 0 spiro atoms. The van der Waals surface area contributed by atoms with Gasteiger partial charge in [-0.1, -0.05) is 0 Å². The zero-order chi connectivity index (χ0) is 16.5. The number of aromatic nitrogens is 3. The van der Waals surface area contributed by atoms with Gasteiger partial charge in [0.25, 0.3) is 5.91 Å². The van der Waals surface area contributed by atoms with E-state index in [1.807, 2.05) is 19.1 Å². The molecule has 0 aromatic carbocycles. The number of ether oxygens (including phenoxy) is 2. The summed E-state index contributed by atoms with van der Waals surface area (Å²) in [7, 11) is 0. The summed E-state index contributed by atoms with van der Waals surface area (Å²) in [6.07, 6.45) is 2.61. The molecule has 2 atom stereocenters. The number of aromatic amines is 1. The van der Waals surface area contributed by atoms with Crippen molar-refractivity contribution in [3.8, 4) is 11.4 Å². The number of rotatable bonds is 3. The fraction of sp³-hybridized carbons (Fsp3) is 0.471. The van der Waals surface area contributed by atoms with E-state index in [4.69, 9.17) is 9.47 Å². The maximum absolute atomic E-state index is 12.2. The van der Waals surface area contributed by atoms with Gasteiger partial charge in [0.15, 0.2) is 0 Å². The molecular weight excluding hydrogens is 308 g/mol. The average Bonchev–Trinajstić information content (AvgIpc) is 3.05. The molecule has 7 nitrogen and oxygen atoms in total. The Bertz CT molecular complexity index is 752. The van der Waals surface area contributed by atoms with Crippen LogP contribution in [0.1, 0.15) is 34.2 Å². The van der Waals surface area contributed by atoms with Crippen LogP contribution in [-0.2, 0) is 9.47 Å². The lowest BCUT2D eigenvalue weighted by atomic mass is 9.92. The highest BCUT2D eigenvalue weighted by atomic mass is 16.6. The first-order valence-electron chi connectivity index (χ1n) is 8.21. The molecule has 2 aromatic heterocycles. The molecule has 0 saturated carbocycles. The van der Waals surface area contributed by atoms with Crippen molar-refractivity contribution in [3.63, 3.8) is 0 Å². The first kappa shape index (κ1) is 15.3. The number of hydrogen-bond acceptors (Lipinski definition) is 5. The van der Waals surface area contributed by atoms with Crippen LogP contribution in [0.3, 0.4) is 0 Å². The van der Waals surface area contributed by atoms with Gasteiger partial charge in [-0.3, -0.25) is 4.79 Å². The molecule has 24 heavy (non-hydrogen) atoms. The average molecular weight is 328 g/mol. The summed E-state index contributed by atoms with van der Waals surface area (Å²) in [4.78, 5) is 24.2. The van der Waals surface area contributed by atoms with Crippen molar-refractivity contribution in [2.24, 2.45) is 0 Å². The number of nitrogens with zero attached hydrogens (tertiary/aromatic N) is 2. The molecule has 2 aliphatic heterocycles. The number of aryl methyl sites for hydroxylation is 1. The lowest BCUT2D eigenvalue weighted by Gasteiger charge is -2.29. The van der Waals surface area contributed by atoms with Gasteiger partial charge in [-0.05, 0) is 25.5 Å². The van der Waals surface area contributed by atoms with Crippen molar-refractivity contribution < 1.29 is 14.3 Å². The minimum Gasteiger partial charge on any atom is -0.376 e. The Hall–Kier alpha value is -2.25. The van der Waals surface area contributed by atoms with Gasteiger partial charge in [0.05, 0.1) is 42.9 Å². The van der Waals surface area contributed by atoms with Crippen molar-refractivity contribution in [1.82, 2.24) is 20.3 Å². The summed E-state index contributed by atoms with van der Waals surface area (Å²) in [5, 5.41) is 2.97. The van der Waals surface area contributed by atoms with E-state index in [1.54, 1.807) is 6.20 Å². The van der Waals surface area contributed by atoms with Gasteiger partial charge >= 0.3 is 0 Å². The summed E-state index contributed by atoms with van der Waals surface area (Å²) >= 11 is 0. The highest BCUT2D eigenvalue weighted by Crippen LogP contribution is 2.31. The lowest BCUT2D eigenvalue weighted by molar-refractivity contribution is -0.0928. The van der Waals surface area contributed by atoms with Crippen LogP contribution in [-0.4, -0.2) is 53.3 Å². The van der Waals surface area contributed by atoms with Gasteiger partial charge in [0.2, 0.25) is 0 Å². The van der Waals surface area contributed by atoms with E-state index in [2.05, 4.69) is 20.3 Å². The van der Waals surface area contributed by atoms with Crippen molar-refractivity contribution in [2.75, 3.05) is 26.4 Å². The maximum Gasteiger partial charge on any atom is 0.253 e. The van der Waals surface area contributed by atoms with Crippen LogP contribution in [0.25, 0.3) is 11.4 Å². The van der Waals surface area contributed by atoms with Crippen LogP contribution in [0, 0.1) is 6.92 Å². The minimum absolute atomic E-state index is 0.0460. The zero-order valence-electron chi connectivity index (χ0n) is 13.5. The largest absolute Gasteiger partial charge is 0.376 e. The van der Waals surface area contributed by atoms with Crippen molar-refractivity contribution in [2.45, 2.75) is 25.4 Å². The molecular formula is C17H20N4O3. The molecule has 4 rings (SSSR count). The Labute approximate surface area is 139 Å². The van der Waals surface area contributed by atoms with Gasteiger partial charge in [-0.25, -0.2) is 9.97 Å². The third-order valence-electron chi connectivity index (χ3n) is 4.49. The number of hydrogen-bond donors (Lipinski definition) is 2. The van der Waals surface area contributed by atoms with E-state index in [1.165, 1.54) is 0 Å². The van der Waals surface area contributed by atoms with E-state index in [9.17, 15) is 4.79 Å². The normalized spacial score (nSPS) is 23.6. The Morgan fingerprint density at radius 1 is 1.38 bits per heavy atom. The van der Waals surface area contributed by atoms with Gasteiger partial charge in [-0.2, -0.15) is 0 Å². The summed E-state index contributed by atoms with van der Waals surface area (Å²) in [5.74, 6) is 0.838. The highest BCUT2D eigenvalue weighted by molar-refractivity contribution is 5.98. The summed E-state index contributed by atoms with van der Waals surface area (Å²) < 4.78 is 11.2. The molecule has 2 aromatic rings. The molecule has 1 saturated heterocycles. The van der Waals surface area contributed by atoms with Gasteiger partial charge in [0, 0.05) is 24.4 Å². The van der Waals surface area contributed by atoms with Gasteiger partial charge in [-0.15, -0.1) is 0 Å². The summed E-state index contributed by atoms with van der Waals surface area (Å²) in [5.41, 5.74) is 3.28. The SMILES string of the molecule is Cc1nccc(-c2cc3c([nH]2)C(CC2COCCO2)CNC3=O)n1. The smallest absolute Gasteiger partial charge is 0.253 e. The molecule has 2 unspecified atom stereocenters. The van der Waals surface area contributed by atoms with E-state index in [0.29, 0.717) is 37.8 Å². The molecule has 0 bridgehead atoms. The number of fused-ring (bicyclic) bond motifs is 1. The summed E-state index contributed by atoms with van der Waals surface area (Å²) in [6, 6.07) is 3.71. The quantitative estimate of drug-likeness (QED) is 0.889. The predicted octanol–water partition coefficient (Wildman–Crippen LogP) is 1.41. The van der Waals surface area contributed by atoms with Crippen LogP contribution >= 0.6 is 0 Å². The Morgan fingerprint density at radius 2 is 2.29 bits per heavy atom. The van der Waals surface area contributed by atoms with E-state index in [-0.39, 0.29) is 17.9 Å². The molecule has 1 amide bonds. The van der Waals surface area contributed by atoms with E-state index >= 15 is 0 Å². The first-order chi connectivity index (χ1) is 11.7. The van der Waals surface area contributed by atoms with Crippen LogP contribution in [0.4, 0.5) is 0 Å². The Balaban J connectivity index is 1.63. The third kappa shape index (κ3) is 2.92. The monoisotopic (exact) mass is 328 g/mol. The molecule has 126 valence electrons. The molecule has 0 radical (unpaired) electrons. The highest BCUT2D eigenvalue weighted by Gasteiger charge is 2.31. The van der Waals surface area contributed by atoms with Gasteiger partial charge in [0.1, 0.15) is 5.82 Å². The van der Waals surface area contributed by atoms with Gasteiger partial charge < -0.3 is 19.8 Å². The second-order valence-corrected chi connectivity index (χ2v) is 6.21. The lowest BCUT2D eigenvalue weighted by Crippen LogP contribution is -2.38. The maximum atomic E-state index is 12.2. The Kier molecular flexibility index (Phi) is 4.03. The second kappa shape index (κ2) is 6.33. The zero-order valence-corrected chi connectivity index (χ0v) is 13.5. The number of nitrogens with one attached hydrogen (secondary N) is 2. The van der Waals surface area contributed by atoms with Crippen molar-refractivity contribution in [3.05, 3.63) is 35.4 Å². The van der Waals surface area contributed by atoms with E-state index < -0.39 is 0 Å². The van der Waals surface area contributed by atoms with Crippen LogP contribution in [0.5, 0.6) is 0 Å². The van der Waals surface area contributed by atoms with Crippen LogP contribution in [0.15, 0.2) is 18.3 Å². The number of carbonyl (C=O) groups excluding carboxylic acids is 1.